The van der Waals surface area contributed by atoms with Crippen LogP contribution in [0.15, 0.2) is 23.4 Å². The summed E-state index contributed by atoms with van der Waals surface area (Å²) in [5.41, 5.74) is 0.956. The third kappa shape index (κ3) is 4.03. The maximum atomic E-state index is 10.9. The fraction of sp³-hybridized carbons (Fsp3) is 0.444. The number of pyridine rings is 1. The van der Waals surface area contributed by atoms with Gasteiger partial charge in [-0.1, -0.05) is 19.9 Å². The van der Waals surface area contributed by atoms with E-state index in [1.165, 1.54) is 12.3 Å². The zero-order valence-electron chi connectivity index (χ0n) is 8.40. The van der Waals surface area contributed by atoms with Gasteiger partial charge in [-0.2, -0.15) is 0 Å². The largest absolute Gasteiger partial charge is 0.244 e. The summed E-state index contributed by atoms with van der Waals surface area (Å²) < 4.78 is 21.8. The van der Waals surface area contributed by atoms with Crippen molar-refractivity contribution < 1.29 is 8.42 Å². The van der Waals surface area contributed by atoms with Gasteiger partial charge in [-0.25, -0.2) is 13.4 Å². The number of sulfone groups is 1. The lowest BCUT2D eigenvalue weighted by molar-refractivity contribution is 0.598. The van der Waals surface area contributed by atoms with E-state index in [0.717, 1.165) is 11.8 Å². The number of hydrogen-bond acceptors (Lipinski definition) is 3. The minimum Gasteiger partial charge on any atom is -0.244 e. The Morgan fingerprint density at radius 2 is 1.77 bits per heavy atom. The highest BCUT2D eigenvalue weighted by Crippen LogP contribution is 2.04. The van der Waals surface area contributed by atoms with Gasteiger partial charge in [0.15, 0.2) is 14.9 Å². The standard InChI is InChI=1S/C7H9NO2S.C2H6/c1-6-3-4-7(8-5-6)11(2,9)10;1-2/h3-5H,1-2H3;1-2H3. The normalized spacial score (nSPS) is 10.2. The maximum Gasteiger partial charge on any atom is 0.192 e. The van der Waals surface area contributed by atoms with Crippen LogP contribution in [0.4, 0.5) is 0 Å². The van der Waals surface area contributed by atoms with E-state index in [-0.39, 0.29) is 5.03 Å². The highest BCUT2D eigenvalue weighted by atomic mass is 32.2. The quantitative estimate of drug-likeness (QED) is 0.696. The molecule has 0 aromatic carbocycles. The third-order valence-electron chi connectivity index (χ3n) is 1.26. The third-order valence-corrected chi connectivity index (χ3v) is 2.27. The number of hydrogen-bond donors (Lipinski definition) is 0. The van der Waals surface area contributed by atoms with E-state index in [9.17, 15) is 8.42 Å². The van der Waals surface area contributed by atoms with Gasteiger partial charge in [-0.15, -0.1) is 0 Å². The highest BCUT2D eigenvalue weighted by molar-refractivity contribution is 7.90. The van der Waals surface area contributed by atoms with E-state index in [4.69, 9.17) is 0 Å². The Hall–Kier alpha value is -0.900. The van der Waals surface area contributed by atoms with Crippen molar-refractivity contribution in [3.8, 4) is 0 Å². The topological polar surface area (TPSA) is 47.0 Å². The van der Waals surface area contributed by atoms with Crippen LogP contribution in [0.25, 0.3) is 0 Å². The molecule has 74 valence electrons. The molecular formula is C9H15NO2S. The summed E-state index contributed by atoms with van der Waals surface area (Å²) >= 11 is 0. The predicted molar refractivity (Wildman–Crippen MR) is 53.4 cm³/mol. The molecule has 0 aliphatic rings. The van der Waals surface area contributed by atoms with E-state index in [1.54, 1.807) is 6.07 Å². The number of rotatable bonds is 1. The Labute approximate surface area is 79.7 Å². The Kier molecular flexibility index (Phi) is 4.62. The van der Waals surface area contributed by atoms with Gasteiger partial charge >= 0.3 is 0 Å². The van der Waals surface area contributed by atoms with Crippen LogP contribution in [0.5, 0.6) is 0 Å². The fourth-order valence-corrected chi connectivity index (χ4v) is 1.23. The summed E-state index contributed by atoms with van der Waals surface area (Å²) in [4.78, 5) is 3.76. The summed E-state index contributed by atoms with van der Waals surface area (Å²) in [6, 6.07) is 3.23. The van der Waals surface area contributed by atoms with Crippen molar-refractivity contribution in [3.63, 3.8) is 0 Å². The van der Waals surface area contributed by atoms with Crippen molar-refractivity contribution in [2.75, 3.05) is 6.26 Å². The molecule has 3 nitrogen and oxygen atoms in total. The lowest BCUT2D eigenvalue weighted by atomic mass is 10.3. The average molecular weight is 201 g/mol. The van der Waals surface area contributed by atoms with Gasteiger partial charge in [-0.3, -0.25) is 0 Å². The van der Waals surface area contributed by atoms with Crippen LogP contribution < -0.4 is 0 Å². The van der Waals surface area contributed by atoms with Crippen molar-refractivity contribution in [2.24, 2.45) is 0 Å². The monoisotopic (exact) mass is 201 g/mol. The van der Waals surface area contributed by atoms with E-state index in [1.807, 2.05) is 20.8 Å². The molecule has 0 saturated carbocycles. The minimum atomic E-state index is -3.13. The van der Waals surface area contributed by atoms with Gasteiger partial charge in [-0.05, 0) is 18.6 Å². The van der Waals surface area contributed by atoms with E-state index in [0.29, 0.717) is 0 Å². The lowest BCUT2D eigenvalue weighted by Gasteiger charge is -1.95. The molecule has 0 N–H and O–H groups in total. The molecule has 4 heteroatoms. The molecule has 0 fully saturated rings. The first-order chi connectivity index (χ1) is 6.00. The number of nitrogens with zero attached hydrogens (tertiary/aromatic N) is 1. The van der Waals surface area contributed by atoms with Gasteiger partial charge in [0.25, 0.3) is 0 Å². The van der Waals surface area contributed by atoms with Gasteiger partial charge in [0, 0.05) is 12.5 Å². The zero-order valence-corrected chi connectivity index (χ0v) is 9.22. The molecule has 0 amide bonds. The zero-order chi connectivity index (χ0) is 10.5. The molecule has 0 aliphatic heterocycles. The molecule has 1 rings (SSSR count). The second-order valence-electron chi connectivity index (χ2n) is 2.45. The molecule has 1 heterocycles. The summed E-state index contributed by atoms with van der Waals surface area (Å²) in [7, 11) is -3.13. The SMILES string of the molecule is CC.Cc1ccc(S(C)(=O)=O)nc1. The Bertz CT molecular complexity index is 340. The van der Waals surface area contributed by atoms with Crippen molar-refractivity contribution in [2.45, 2.75) is 25.8 Å². The molecule has 0 unspecified atom stereocenters. The van der Waals surface area contributed by atoms with Gasteiger partial charge < -0.3 is 0 Å². The van der Waals surface area contributed by atoms with Crippen molar-refractivity contribution in [1.82, 2.24) is 4.98 Å². The molecule has 0 bridgehead atoms. The van der Waals surface area contributed by atoms with Crippen molar-refractivity contribution in [1.29, 1.82) is 0 Å². The Morgan fingerprint density at radius 3 is 2.08 bits per heavy atom. The smallest absolute Gasteiger partial charge is 0.192 e. The fourth-order valence-electron chi connectivity index (χ4n) is 0.674. The second-order valence-corrected chi connectivity index (χ2v) is 4.41. The van der Waals surface area contributed by atoms with E-state index < -0.39 is 9.84 Å². The van der Waals surface area contributed by atoms with Crippen LogP contribution in [0.2, 0.25) is 0 Å². The first kappa shape index (κ1) is 12.1. The molecule has 0 aliphatic carbocycles. The van der Waals surface area contributed by atoms with E-state index in [2.05, 4.69) is 4.98 Å². The van der Waals surface area contributed by atoms with Crippen molar-refractivity contribution in [3.05, 3.63) is 23.9 Å². The molecule has 0 saturated heterocycles. The number of aromatic nitrogens is 1. The molecule has 0 spiro atoms. The minimum absolute atomic E-state index is 0.128. The second kappa shape index (κ2) is 4.97. The first-order valence-corrected chi connectivity index (χ1v) is 6.02. The lowest BCUT2D eigenvalue weighted by Crippen LogP contribution is -1.99. The summed E-state index contributed by atoms with van der Waals surface area (Å²) in [5.74, 6) is 0. The highest BCUT2D eigenvalue weighted by Gasteiger charge is 2.06. The molecule has 0 radical (unpaired) electrons. The first-order valence-electron chi connectivity index (χ1n) is 4.13. The van der Waals surface area contributed by atoms with Gasteiger partial charge in [0.1, 0.15) is 0 Å². The Balaban J connectivity index is 0.000000671. The maximum absolute atomic E-state index is 10.9. The van der Waals surface area contributed by atoms with Crippen LogP contribution in [0.3, 0.4) is 0 Å². The van der Waals surface area contributed by atoms with Crippen LogP contribution in [-0.4, -0.2) is 19.7 Å². The molecular weight excluding hydrogens is 186 g/mol. The van der Waals surface area contributed by atoms with Crippen LogP contribution in [-0.2, 0) is 9.84 Å². The molecule has 1 aromatic rings. The van der Waals surface area contributed by atoms with E-state index >= 15 is 0 Å². The summed E-state index contributed by atoms with van der Waals surface area (Å²) in [6.45, 7) is 5.86. The summed E-state index contributed by atoms with van der Waals surface area (Å²) in [5, 5.41) is 0.128. The van der Waals surface area contributed by atoms with Gasteiger partial charge in [0.05, 0.1) is 0 Å². The average Bonchev–Trinajstić information content (AvgIpc) is 2.07. The van der Waals surface area contributed by atoms with Crippen LogP contribution >= 0.6 is 0 Å². The van der Waals surface area contributed by atoms with Crippen LogP contribution in [0.1, 0.15) is 19.4 Å². The predicted octanol–water partition coefficient (Wildman–Crippen LogP) is 1.82. The molecule has 1 aromatic heterocycles. The Morgan fingerprint density at radius 1 is 1.23 bits per heavy atom. The van der Waals surface area contributed by atoms with Gasteiger partial charge in [0.2, 0.25) is 0 Å². The molecule has 13 heavy (non-hydrogen) atoms. The molecule has 0 atom stereocenters. The summed E-state index contributed by atoms with van der Waals surface area (Å²) in [6.07, 6.45) is 2.68. The number of aryl methyl sites for hydroxylation is 1. The van der Waals surface area contributed by atoms with Crippen LogP contribution in [0, 0.1) is 6.92 Å². The van der Waals surface area contributed by atoms with Crippen molar-refractivity contribution >= 4 is 9.84 Å².